The van der Waals surface area contributed by atoms with Crippen molar-refractivity contribution in [3.05, 3.63) is 23.8 Å². The van der Waals surface area contributed by atoms with Crippen LogP contribution in [0, 0.1) is 0 Å². The highest BCUT2D eigenvalue weighted by Crippen LogP contribution is 2.32. The maximum absolute atomic E-state index is 4.28. The molecule has 13 heavy (non-hydrogen) atoms. The fourth-order valence-electron chi connectivity index (χ4n) is 1.27. The highest BCUT2D eigenvalue weighted by molar-refractivity contribution is 7.98. The smallest absolute Gasteiger partial charge is 0.0988 e. The maximum Gasteiger partial charge on any atom is 0.0988 e. The lowest BCUT2D eigenvalue weighted by Gasteiger charge is -2.12. The summed E-state index contributed by atoms with van der Waals surface area (Å²) in [5.74, 6) is 0.570. The SMILES string of the molecule is CC(C)c1ccc2c(c1)N=CNS2. The molecule has 1 N–H and O–H groups in total. The van der Waals surface area contributed by atoms with Crippen molar-refractivity contribution in [3.63, 3.8) is 0 Å². The molecule has 0 saturated carbocycles. The summed E-state index contributed by atoms with van der Waals surface area (Å²) >= 11 is 1.61. The molecule has 0 amide bonds. The van der Waals surface area contributed by atoms with E-state index < -0.39 is 0 Å². The Morgan fingerprint density at radius 2 is 2.23 bits per heavy atom. The predicted octanol–water partition coefficient (Wildman–Crippen LogP) is 3.08. The van der Waals surface area contributed by atoms with Crippen molar-refractivity contribution in [2.45, 2.75) is 24.7 Å². The Hall–Kier alpha value is -0.960. The van der Waals surface area contributed by atoms with Gasteiger partial charge in [-0.1, -0.05) is 19.9 Å². The topological polar surface area (TPSA) is 24.4 Å². The summed E-state index contributed by atoms with van der Waals surface area (Å²) in [5.41, 5.74) is 2.42. The molecule has 2 nitrogen and oxygen atoms in total. The molecule has 0 fully saturated rings. The summed E-state index contributed by atoms with van der Waals surface area (Å²) in [6.45, 7) is 4.39. The highest BCUT2D eigenvalue weighted by Gasteiger charge is 2.08. The van der Waals surface area contributed by atoms with Crippen LogP contribution in [0.3, 0.4) is 0 Å². The van der Waals surface area contributed by atoms with E-state index in [2.05, 4.69) is 41.8 Å². The van der Waals surface area contributed by atoms with Crippen LogP contribution in [0.1, 0.15) is 25.3 Å². The fraction of sp³-hybridized carbons (Fsp3) is 0.300. The van der Waals surface area contributed by atoms with Gasteiger partial charge < -0.3 is 4.72 Å². The van der Waals surface area contributed by atoms with Crippen LogP contribution in [-0.2, 0) is 0 Å². The summed E-state index contributed by atoms with van der Waals surface area (Å²) in [7, 11) is 0. The first-order valence-electron chi connectivity index (χ1n) is 4.36. The fourth-order valence-corrected chi connectivity index (χ4v) is 1.85. The van der Waals surface area contributed by atoms with Gasteiger partial charge in [-0.2, -0.15) is 0 Å². The highest BCUT2D eigenvalue weighted by atomic mass is 32.2. The van der Waals surface area contributed by atoms with Gasteiger partial charge in [-0.25, -0.2) is 4.99 Å². The van der Waals surface area contributed by atoms with Gasteiger partial charge in [0.2, 0.25) is 0 Å². The summed E-state index contributed by atoms with van der Waals surface area (Å²) in [4.78, 5) is 5.48. The van der Waals surface area contributed by atoms with Gasteiger partial charge in [0.05, 0.1) is 16.9 Å². The number of rotatable bonds is 1. The quantitative estimate of drug-likeness (QED) is 0.691. The molecule has 3 heteroatoms. The summed E-state index contributed by atoms with van der Waals surface area (Å²) in [5, 5.41) is 0. The Balaban J connectivity index is 2.43. The zero-order valence-corrected chi connectivity index (χ0v) is 8.56. The first-order chi connectivity index (χ1) is 6.27. The van der Waals surface area contributed by atoms with Crippen LogP contribution in [0.4, 0.5) is 5.69 Å². The monoisotopic (exact) mass is 192 g/mol. The lowest BCUT2D eigenvalue weighted by molar-refractivity contribution is 0.864. The van der Waals surface area contributed by atoms with Gasteiger partial charge >= 0.3 is 0 Å². The molecule has 0 atom stereocenters. The molecule has 0 aliphatic carbocycles. The molecular formula is C10H12N2S. The third-order valence-electron chi connectivity index (χ3n) is 2.07. The number of benzene rings is 1. The third kappa shape index (κ3) is 1.70. The minimum atomic E-state index is 0.570. The van der Waals surface area contributed by atoms with Crippen molar-refractivity contribution in [3.8, 4) is 0 Å². The summed E-state index contributed by atoms with van der Waals surface area (Å²) < 4.78 is 3.01. The Morgan fingerprint density at radius 3 is 3.00 bits per heavy atom. The second kappa shape index (κ2) is 3.42. The van der Waals surface area contributed by atoms with E-state index in [9.17, 15) is 0 Å². The molecule has 1 aliphatic heterocycles. The van der Waals surface area contributed by atoms with Crippen LogP contribution >= 0.6 is 11.9 Å². The van der Waals surface area contributed by atoms with Crippen LogP contribution in [0.25, 0.3) is 0 Å². The van der Waals surface area contributed by atoms with E-state index in [0.717, 1.165) is 5.69 Å². The lowest BCUT2D eigenvalue weighted by atomic mass is 10.0. The van der Waals surface area contributed by atoms with E-state index in [1.807, 2.05) is 0 Å². The minimum Gasteiger partial charge on any atom is -0.316 e. The molecule has 0 aromatic heterocycles. The molecule has 0 bridgehead atoms. The second-order valence-electron chi connectivity index (χ2n) is 3.36. The van der Waals surface area contributed by atoms with Crippen molar-refractivity contribution in [1.82, 2.24) is 4.72 Å². The normalized spacial score (nSPS) is 14.1. The Bertz CT molecular complexity index is 345. The molecule has 1 aliphatic rings. The predicted molar refractivity (Wildman–Crippen MR) is 57.7 cm³/mol. The molecule has 0 radical (unpaired) electrons. The lowest BCUT2D eigenvalue weighted by Crippen LogP contribution is -2.02. The summed E-state index contributed by atoms with van der Waals surface area (Å²) in [6, 6.07) is 6.45. The largest absolute Gasteiger partial charge is 0.316 e. The van der Waals surface area contributed by atoms with Crippen molar-refractivity contribution in [2.75, 3.05) is 0 Å². The van der Waals surface area contributed by atoms with Gasteiger partial charge in [-0.05, 0) is 35.6 Å². The third-order valence-corrected chi connectivity index (χ3v) is 2.86. The molecule has 0 unspecified atom stereocenters. The second-order valence-corrected chi connectivity index (χ2v) is 4.24. The van der Waals surface area contributed by atoms with Crippen molar-refractivity contribution in [1.29, 1.82) is 0 Å². The van der Waals surface area contributed by atoms with Crippen molar-refractivity contribution in [2.24, 2.45) is 4.99 Å². The van der Waals surface area contributed by atoms with Crippen LogP contribution in [0.2, 0.25) is 0 Å². The molecule has 0 saturated heterocycles. The average molecular weight is 192 g/mol. The maximum atomic E-state index is 4.28. The van der Waals surface area contributed by atoms with Gasteiger partial charge in [0.15, 0.2) is 0 Å². The van der Waals surface area contributed by atoms with Crippen LogP contribution < -0.4 is 4.72 Å². The molecule has 1 aromatic carbocycles. The number of hydrogen-bond donors (Lipinski definition) is 1. The molecule has 1 heterocycles. The number of aliphatic imine (C=N–C) groups is 1. The first kappa shape index (κ1) is 8.63. The Morgan fingerprint density at radius 1 is 1.38 bits per heavy atom. The zero-order valence-electron chi connectivity index (χ0n) is 7.74. The van der Waals surface area contributed by atoms with Crippen molar-refractivity contribution < 1.29 is 0 Å². The van der Waals surface area contributed by atoms with E-state index >= 15 is 0 Å². The molecular weight excluding hydrogens is 180 g/mol. The molecule has 0 spiro atoms. The molecule has 1 aromatic rings. The van der Waals surface area contributed by atoms with Crippen LogP contribution in [0.5, 0.6) is 0 Å². The van der Waals surface area contributed by atoms with E-state index in [1.165, 1.54) is 10.5 Å². The standard InChI is InChI=1S/C10H12N2S/c1-7(2)8-3-4-10-9(5-8)11-6-12-13-10/h3-7H,1-2H3,(H,11,12). The van der Waals surface area contributed by atoms with Crippen LogP contribution in [-0.4, -0.2) is 6.34 Å². The van der Waals surface area contributed by atoms with Gasteiger partial charge in [0.1, 0.15) is 0 Å². The molecule has 68 valence electrons. The summed E-state index contributed by atoms with van der Waals surface area (Å²) in [6.07, 6.45) is 1.73. The average Bonchev–Trinajstić information content (AvgIpc) is 2.17. The van der Waals surface area contributed by atoms with E-state index in [4.69, 9.17) is 0 Å². The number of fused-ring (bicyclic) bond motifs is 1. The Labute approximate surface area is 82.6 Å². The van der Waals surface area contributed by atoms with Gasteiger partial charge in [0.25, 0.3) is 0 Å². The molecule has 2 rings (SSSR count). The Kier molecular flexibility index (Phi) is 2.27. The van der Waals surface area contributed by atoms with Crippen molar-refractivity contribution >= 4 is 24.0 Å². The minimum absolute atomic E-state index is 0.570. The van der Waals surface area contributed by atoms with Gasteiger partial charge in [-0.15, -0.1) is 0 Å². The van der Waals surface area contributed by atoms with Crippen LogP contribution in [0.15, 0.2) is 28.1 Å². The van der Waals surface area contributed by atoms with E-state index in [-0.39, 0.29) is 0 Å². The zero-order chi connectivity index (χ0) is 9.26. The number of hydrogen-bond acceptors (Lipinski definition) is 3. The van der Waals surface area contributed by atoms with Gasteiger partial charge in [-0.3, -0.25) is 0 Å². The first-order valence-corrected chi connectivity index (χ1v) is 5.18. The number of nitrogens with zero attached hydrogens (tertiary/aromatic N) is 1. The van der Waals surface area contributed by atoms with Gasteiger partial charge in [0, 0.05) is 0 Å². The van der Waals surface area contributed by atoms with E-state index in [1.54, 1.807) is 18.3 Å². The number of nitrogens with one attached hydrogen (secondary N) is 1. The van der Waals surface area contributed by atoms with E-state index in [0.29, 0.717) is 5.92 Å².